The Kier molecular flexibility index (Phi) is 3.66. The smallest absolute Gasteiger partial charge is 0.133 e. The molecular formula is C14H19N3O2. The van der Waals surface area contributed by atoms with Crippen LogP contribution in [0.15, 0.2) is 35.2 Å². The minimum absolute atomic E-state index is 0.00407. The minimum Gasteiger partial charge on any atom is -0.467 e. The number of aromatic nitrogens is 2. The third-order valence-corrected chi connectivity index (χ3v) is 3.58. The van der Waals surface area contributed by atoms with Gasteiger partial charge in [0.2, 0.25) is 0 Å². The van der Waals surface area contributed by atoms with Crippen molar-refractivity contribution in [1.82, 2.24) is 14.9 Å². The van der Waals surface area contributed by atoms with E-state index in [4.69, 9.17) is 9.15 Å². The highest BCUT2D eigenvalue weighted by atomic mass is 16.5. The van der Waals surface area contributed by atoms with Gasteiger partial charge in [0.05, 0.1) is 12.9 Å². The molecule has 1 fully saturated rings. The molecule has 1 saturated heterocycles. The summed E-state index contributed by atoms with van der Waals surface area (Å²) in [5.74, 6) is 2.44. The average Bonchev–Trinajstić information content (AvgIpc) is 3.13. The Morgan fingerprint density at radius 2 is 2.53 bits per heavy atom. The number of rotatable bonds is 5. The van der Waals surface area contributed by atoms with Crippen LogP contribution < -0.4 is 5.32 Å². The summed E-state index contributed by atoms with van der Waals surface area (Å²) in [6.07, 6.45) is 6.58. The molecule has 5 heteroatoms. The zero-order chi connectivity index (χ0) is 13.1. The van der Waals surface area contributed by atoms with E-state index in [0.717, 1.165) is 37.8 Å². The predicted molar refractivity (Wildman–Crippen MR) is 70.7 cm³/mol. The van der Waals surface area contributed by atoms with Gasteiger partial charge in [-0.2, -0.15) is 0 Å². The number of imidazole rings is 1. The molecule has 2 atom stereocenters. The first-order chi connectivity index (χ1) is 9.34. The van der Waals surface area contributed by atoms with Gasteiger partial charge in [0.15, 0.2) is 0 Å². The van der Waals surface area contributed by atoms with Gasteiger partial charge in [-0.05, 0) is 24.5 Å². The van der Waals surface area contributed by atoms with Crippen LogP contribution in [0.4, 0.5) is 0 Å². The molecule has 3 heterocycles. The van der Waals surface area contributed by atoms with Crippen LogP contribution in [0.25, 0.3) is 0 Å². The summed E-state index contributed by atoms with van der Waals surface area (Å²) in [5.41, 5.74) is 0. The first-order valence-electron chi connectivity index (χ1n) is 6.66. The minimum atomic E-state index is -0.00407. The van der Waals surface area contributed by atoms with Gasteiger partial charge in [0.25, 0.3) is 0 Å². The Labute approximate surface area is 112 Å². The van der Waals surface area contributed by atoms with Crippen molar-refractivity contribution in [3.8, 4) is 0 Å². The molecule has 0 bridgehead atoms. The summed E-state index contributed by atoms with van der Waals surface area (Å²) in [7, 11) is 2.00. The Morgan fingerprint density at radius 3 is 3.16 bits per heavy atom. The number of aryl methyl sites for hydroxylation is 1. The first kappa shape index (κ1) is 12.4. The monoisotopic (exact) mass is 261 g/mol. The van der Waals surface area contributed by atoms with Crippen molar-refractivity contribution < 1.29 is 9.15 Å². The van der Waals surface area contributed by atoms with Crippen molar-refractivity contribution in [2.24, 2.45) is 13.0 Å². The van der Waals surface area contributed by atoms with Gasteiger partial charge in [-0.1, -0.05) is 0 Å². The number of ether oxygens (including phenoxy) is 1. The van der Waals surface area contributed by atoms with Crippen molar-refractivity contribution >= 4 is 0 Å². The number of furan rings is 1. The molecule has 1 aliphatic heterocycles. The van der Waals surface area contributed by atoms with E-state index in [-0.39, 0.29) is 6.04 Å². The Morgan fingerprint density at radius 1 is 1.58 bits per heavy atom. The Bertz CT molecular complexity index is 501. The van der Waals surface area contributed by atoms with Crippen molar-refractivity contribution in [3.63, 3.8) is 0 Å². The van der Waals surface area contributed by atoms with E-state index < -0.39 is 0 Å². The van der Waals surface area contributed by atoms with Crippen molar-refractivity contribution in [2.45, 2.75) is 12.5 Å². The molecule has 0 spiro atoms. The van der Waals surface area contributed by atoms with Gasteiger partial charge in [-0.25, -0.2) is 4.98 Å². The second-order valence-electron chi connectivity index (χ2n) is 4.98. The molecule has 5 nitrogen and oxygen atoms in total. The molecule has 3 rings (SSSR count). The summed E-state index contributed by atoms with van der Waals surface area (Å²) >= 11 is 0. The van der Waals surface area contributed by atoms with E-state index in [1.54, 1.807) is 6.26 Å². The van der Waals surface area contributed by atoms with Crippen molar-refractivity contribution in [1.29, 1.82) is 0 Å². The van der Waals surface area contributed by atoms with Crippen LogP contribution in [0.3, 0.4) is 0 Å². The summed E-state index contributed by atoms with van der Waals surface area (Å²) in [6.45, 7) is 2.64. The highest BCUT2D eigenvalue weighted by Gasteiger charge is 2.23. The normalized spacial score (nSPS) is 20.8. The molecular weight excluding hydrogens is 242 g/mol. The molecule has 0 radical (unpaired) electrons. The third-order valence-electron chi connectivity index (χ3n) is 3.58. The first-order valence-corrected chi connectivity index (χ1v) is 6.66. The fraction of sp³-hybridized carbons (Fsp3) is 0.500. The van der Waals surface area contributed by atoms with Gasteiger partial charge in [0.1, 0.15) is 17.6 Å². The third kappa shape index (κ3) is 2.72. The molecule has 19 heavy (non-hydrogen) atoms. The maximum Gasteiger partial charge on any atom is 0.133 e. The van der Waals surface area contributed by atoms with Crippen LogP contribution in [0, 0.1) is 5.92 Å². The van der Waals surface area contributed by atoms with E-state index in [1.807, 2.05) is 36.1 Å². The molecule has 2 aromatic heterocycles. The van der Waals surface area contributed by atoms with E-state index >= 15 is 0 Å². The summed E-state index contributed by atoms with van der Waals surface area (Å²) in [5, 5.41) is 3.55. The van der Waals surface area contributed by atoms with Crippen LogP contribution >= 0.6 is 0 Å². The lowest BCUT2D eigenvalue weighted by molar-refractivity contribution is 0.184. The van der Waals surface area contributed by atoms with E-state index in [9.17, 15) is 0 Å². The second-order valence-corrected chi connectivity index (χ2v) is 4.98. The molecule has 1 N–H and O–H groups in total. The number of hydrogen-bond acceptors (Lipinski definition) is 4. The van der Waals surface area contributed by atoms with Gasteiger partial charge in [-0.3, -0.25) is 0 Å². The SMILES string of the molecule is Cn1ccnc1C(NCC1CCOC1)c1ccco1. The van der Waals surface area contributed by atoms with E-state index in [0.29, 0.717) is 5.92 Å². The average molecular weight is 261 g/mol. The second kappa shape index (κ2) is 5.59. The molecule has 2 aromatic rings. The van der Waals surface area contributed by atoms with Gasteiger partial charge in [0, 0.05) is 32.6 Å². The van der Waals surface area contributed by atoms with Crippen LogP contribution in [0.1, 0.15) is 24.0 Å². The van der Waals surface area contributed by atoms with Gasteiger partial charge in [-0.15, -0.1) is 0 Å². The van der Waals surface area contributed by atoms with Crippen molar-refractivity contribution in [3.05, 3.63) is 42.4 Å². The standard InChI is InChI=1S/C14H19N3O2/c1-17-6-5-15-14(17)13(12-3-2-7-19-12)16-9-11-4-8-18-10-11/h2-3,5-7,11,13,16H,4,8-10H2,1H3. The molecule has 2 unspecified atom stereocenters. The zero-order valence-electron chi connectivity index (χ0n) is 11.1. The zero-order valence-corrected chi connectivity index (χ0v) is 11.1. The quantitative estimate of drug-likeness (QED) is 0.890. The highest BCUT2D eigenvalue weighted by molar-refractivity contribution is 5.15. The van der Waals surface area contributed by atoms with Crippen LogP contribution in [0.2, 0.25) is 0 Å². The number of nitrogens with zero attached hydrogens (tertiary/aromatic N) is 2. The molecule has 0 saturated carbocycles. The Balaban J connectivity index is 1.75. The molecule has 0 amide bonds. The van der Waals surface area contributed by atoms with Crippen molar-refractivity contribution in [2.75, 3.05) is 19.8 Å². The summed E-state index contributed by atoms with van der Waals surface area (Å²) in [4.78, 5) is 4.43. The van der Waals surface area contributed by atoms with E-state index in [1.165, 1.54) is 0 Å². The Hall–Kier alpha value is -1.59. The molecule has 1 aliphatic rings. The fourth-order valence-electron chi connectivity index (χ4n) is 2.46. The highest BCUT2D eigenvalue weighted by Crippen LogP contribution is 2.22. The fourth-order valence-corrected chi connectivity index (χ4v) is 2.46. The topological polar surface area (TPSA) is 52.2 Å². The lowest BCUT2D eigenvalue weighted by Crippen LogP contribution is -2.30. The van der Waals surface area contributed by atoms with E-state index in [2.05, 4.69) is 10.3 Å². The lowest BCUT2D eigenvalue weighted by atomic mass is 10.1. The predicted octanol–water partition coefficient (Wildman–Crippen LogP) is 1.73. The van der Waals surface area contributed by atoms with Gasteiger partial charge < -0.3 is 19.0 Å². The molecule has 0 aromatic carbocycles. The van der Waals surface area contributed by atoms with Crippen LogP contribution in [-0.4, -0.2) is 29.3 Å². The maximum absolute atomic E-state index is 5.54. The maximum atomic E-state index is 5.54. The molecule has 102 valence electrons. The summed E-state index contributed by atoms with van der Waals surface area (Å²) in [6, 6.07) is 3.89. The van der Waals surface area contributed by atoms with Gasteiger partial charge >= 0.3 is 0 Å². The molecule has 0 aliphatic carbocycles. The number of nitrogens with one attached hydrogen (secondary N) is 1. The number of hydrogen-bond donors (Lipinski definition) is 1. The van der Waals surface area contributed by atoms with Crippen LogP contribution in [0.5, 0.6) is 0 Å². The largest absolute Gasteiger partial charge is 0.467 e. The lowest BCUT2D eigenvalue weighted by Gasteiger charge is -2.18. The van der Waals surface area contributed by atoms with Crippen LogP contribution in [-0.2, 0) is 11.8 Å². The summed E-state index contributed by atoms with van der Waals surface area (Å²) < 4.78 is 13.0.